The van der Waals surface area contributed by atoms with Crippen LogP contribution in [0.5, 0.6) is 0 Å². The van der Waals surface area contributed by atoms with E-state index in [1.165, 1.54) is 0 Å². The second-order valence-electron chi connectivity index (χ2n) is 4.58. The Hall–Kier alpha value is -1.43. The van der Waals surface area contributed by atoms with Crippen LogP contribution in [0.4, 0.5) is 0 Å². The highest BCUT2D eigenvalue weighted by Gasteiger charge is 2.21. The van der Waals surface area contributed by atoms with Crippen molar-refractivity contribution in [2.75, 3.05) is 19.7 Å². The van der Waals surface area contributed by atoms with Gasteiger partial charge < -0.3 is 14.2 Å². The standard InChI is InChI=1S/C12H19N3O3/c1-9-13-12(14-18-9)5-7-17-11-4-3-6-15(8-11)10(2)16/h11H,3-8H2,1-2H3. The fourth-order valence-electron chi connectivity index (χ4n) is 2.12. The Bertz CT molecular complexity index is 405. The van der Waals surface area contributed by atoms with E-state index < -0.39 is 0 Å². The Balaban J connectivity index is 1.71. The largest absolute Gasteiger partial charge is 0.376 e. The Morgan fingerprint density at radius 2 is 2.44 bits per heavy atom. The second kappa shape index (κ2) is 5.95. The van der Waals surface area contributed by atoms with Crippen molar-refractivity contribution in [3.8, 4) is 0 Å². The first-order chi connectivity index (χ1) is 8.65. The van der Waals surface area contributed by atoms with Gasteiger partial charge in [-0.15, -0.1) is 0 Å². The Morgan fingerprint density at radius 3 is 3.11 bits per heavy atom. The van der Waals surface area contributed by atoms with Crippen molar-refractivity contribution in [1.82, 2.24) is 15.0 Å². The molecule has 1 amide bonds. The Morgan fingerprint density at radius 1 is 1.61 bits per heavy atom. The fourth-order valence-corrected chi connectivity index (χ4v) is 2.12. The molecular formula is C12H19N3O3. The molecule has 0 radical (unpaired) electrons. The van der Waals surface area contributed by atoms with Gasteiger partial charge in [0, 0.05) is 33.4 Å². The van der Waals surface area contributed by atoms with Crippen LogP contribution >= 0.6 is 0 Å². The summed E-state index contributed by atoms with van der Waals surface area (Å²) in [6.07, 6.45) is 2.80. The van der Waals surface area contributed by atoms with Gasteiger partial charge in [0.05, 0.1) is 12.7 Å². The Labute approximate surface area is 106 Å². The lowest BCUT2D eigenvalue weighted by Gasteiger charge is -2.31. The molecule has 6 heteroatoms. The van der Waals surface area contributed by atoms with Crippen LogP contribution in [0.15, 0.2) is 4.52 Å². The highest BCUT2D eigenvalue weighted by atomic mass is 16.5. The molecule has 0 aromatic carbocycles. The predicted molar refractivity (Wildman–Crippen MR) is 64.0 cm³/mol. The van der Waals surface area contributed by atoms with Gasteiger partial charge in [0.1, 0.15) is 0 Å². The number of aryl methyl sites for hydroxylation is 1. The minimum absolute atomic E-state index is 0.122. The number of amides is 1. The first-order valence-electron chi connectivity index (χ1n) is 6.31. The van der Waals surface area contributed by atoms with Crippen LogP contribution in [0.1, 0.15) is 31.5 Å². The normalized spacial score (nSPS) is 20.1. The molecule has 1 saturated heterocycles. The van der Waals surface area contributed by atoms with Gasteiger partial charge in [-0.1, -0.05) is 5.16 Å². The SMILES string of the molecule is CC(=O)N1CCCC(OCCc2noc(C)n2)C1. The van der Waals surface area contributed by atoms with E-state index in [4.69, 9.17) is 9.26 Å². The van der Waals surface area contributed by atoms with E-state index in [1.54, 1.807) is 13.8 Å². The van der Waals surface area contributed by atoms with Crippen LogP contribution in [0.2, 0.25) is 0 Å². The topological polar surface area (TPSA) is 68.5 Å². The van der Waals surface area contributed by atoms with Crippen LogP contribution in [0.25, 0.3) is 0 Å². The number of likely N-dealkylation sites (tertiary alicyclic amines) is 1. The third kappa shape index (κ3) is 3.53. The summed E-state index contributed by atoms with van der Waals surface area (Å²) in [4.78, 5) is 17.2. The average molecular weight is 253 g/mol. The third-order valence-electron chi connectivity index (χ3n) is 3.07. The summed E-state index contributed by atoms with van der Waals surface area (Å²) >= 11 is 0. The molecule has 1 atom stereocenters. The van der Waals surface area contributed by atoms with Crippen molar-refractivity contribution in [2.24, 2.45) is 0 Å². The van der Waals surface area contributed by atoms with E-state index >= 15 is 0 Å². The highest BCUT2D eigenvalue weighted by molar-refractivity contribution is 5.73. The Kier molecular flexibility index (Phi) is 4.30. The first kappa shape index (κ1) is 13.0. The molecule has 0 spiro atoms. The maximum Gasteiger partial charge on any atom is 0.223 e. The van der Waals surface area contributed by atoms with Gasteiger partial charge in [-0.2, -0.15) is 4.98 Å². The minimum Gasteiger partial charge on any atom is -0.376 e. The zero-order chi connectivity index (χ0) is 13.0. The molecule has 18 heavy (non-hydrogen) atoms. The van der Waals surface area contributed by atoms with Crippen molar-refractivity contribution in [3.05, 3.63) is 11.7 Å². The summed E-state index contributed by atoms with van der Waals surface area (Å²) < 4.78 is 10.6. The number of rotatable bonds is 4. The van der Waals surface area contributed by atoms with Crippen LogP contribution in [0, 0.1) is 6.92 Å². The summed E-state index contributed by atoms with van der Waals surface area (Å²) in [7, 11) is 0. The van der Waals surface area contributed by atoms with E-state index in [-0.39, 0.29) is 12.0 Å². The molecule has 1 unspecified atom stereocenters. The van der Waals surface area contributed by atoms with Crippen LogP contribution in [-0.2, 0) is 16.0 Å². The minimum atomic E-state index is 0.122. The van der Waals surface area contributed by atoms with Gasteiger partial charge >= 0.3 is 0 Å². The summed E-state index contributed by atoms with van der Waals surface area (Å²) in [5.41, 5.74) is 0. The number of ether oxygens (including phenoxy) is 1. The number of hydrogen-bond donors (Lipinski definition) is 0. The number of aromatic nitrogens is 2. The fraction of sp³-hybridized carbons (Fsp3) is 0.750. The summed E-state index contributed by atoms with van der Waals surface area (Å²) in [5, 5.41) is 3.81. The molecule has 0 saturated carbocycles. The molecule has 2 heterocycles. The number of carbonyl (C=O) groups is 1. The molecular weight excluding hydrogens is 234 g/mol. The van der Waals surface area contributed by atoms with Gasteiger partial charge in [0.15, 0.2) is 5.82 Å². The zero-order valence-electron chi connectivity index (χ0n) is 10.9. The molecule has 1 aromatic rings. The van der Waals surface area contributed by atoms with Gasteiger partial charge in [-0.05, 0) is 12.8 Å². The summed E-state index contributed by atoms with van der Waals surface area (Å²) in [5.74, 6) is 1.37. The van der Waals surface area contributed by atoms with Crippen LogP contribution in [0.3, 0.4) is 0 Å². The molecule has 1 aliphatic heterocycles. The smallest absolute Gasteiger partial charge is 0.223 e. The van der Waals surface area contributed by atoms with Crippen molar-refractivity contribution < 1.29 is 14.1 Å². The average Bonchev–Trinajstić information content (AvgIpc) is 2.75. The first-order valence-corrected chi connectivity index (χ1v) is 6.31. The molecule has 0 bridgehead atoms. The maximum absolute atomic E-state index is 11.3. The van der Waals surface area contributed by atoms with E-state index in [0.717, 1.165) is 19.4 Å². The second-order valence-corrected chi connectivity index (χ2v) is 4.58. The quantitative estimate of drug-likeness (QED) is 0.799. The van der Waals surface area contributed by atoms with Crippen molar-refractivity contribution in [3.63, 3.8) is 0 Å². The van der Waals surface area contributed by atoms with Crippen molar-refractivity contribution in [2.45, 2.75) is 39.2 Å². The molecule has 1 aliphatic rings. The van der Waals surface area contributed by atoms with Crippen molar-refractivity contribution >= 4 is 5.91 Å². The third-order valence-corrected chi connectivity index (χ3v) is 3.07. The number of carbonyl (C=O) groups excluding carboxylic acids is 1. The van der Waals surface area contributed by atoms with E-state index in [1.807, 2.05) is 4.90 Å². The van der Waals surface area contributed by atoms with E-state index in [9.17, 15) is 4.79 Å². The number of nitrogens with zero attached hydrogens (tertiary/aromatic N) is 3. The molecule has 100 valence electrons. The van der Waals surface area contributed by atoms with Crippen LogP contribution < -0.4 is 0 Å². The lowest BCUT2D eigenvalue weighted by Crippen LogP contribution is -2.42. The molecule has 6 nitrogen and oxygen atoms in total. The van der Waals surface area contributed by atoms with E-state index in [0.29, 0.717) is 31.3 Å². The zero-order valence-corrected chi connectivity index (χ0v) is 10.9. The van der Waals surface area contributed by atoms with Crippen LogP contribution in [-0.4, -0.2) is 46.7 Å². The highest BCUT2D eigenvalue weighted by Crippen LogP contribution is 2.13. The number of piperidine rings is 1. The van der Waals surface area contributed by atoms with Crippen molar-refractivity contribution in [1.29, 1.82) is 0 Å². The molecule has 0 N–H and O–H groups in total. The van der Waals surface area contributed by atoms with Gasteiger partial charge in [0.2, 0.25) is 11.8 Å². The molecule has 1 fully saturated rings. The molecule has 1 aromatic heterocycles. The molecule has 0 aliphatic carbocycles. The monoisotopic (exact) mass is 253 g/mol. The van der Waals surface area contributed by atoms with E-state index in [2.05, 4.69) is 10.1 Å². The predicted octanol–water partition coefficient (Wildman–Crippen LogP) is 0.948. The lowest BCUT2D eigenvalue weighted by molar-refractivity contribution is -0.132. The van der Waals surface area contributed by atoms with Gasteiger partial charge in [-0.3, -0.25) is 4.79 Å². The van der Waals surface area contributed by atoms with Gasteiger partial charge in [-0.25, -0.2) is 0 Å². The summed E-state index contributed by atoms with van der Waals surface area (Å²) in [6, 6.07) is 0. The molecule has 2 rings (SSSR count). The summed E-state index contributed by atoms with van der Waals surface area (Å²) in [6.45, 7) is 5.48. The van der Waals surface area contributed by atoms with Gasteiger partial charge in [0.25, 0.3) is 0 Å². The number of hydrogen-bond acceptors (Lipinski definition) is 5. The maximum atomic E-state index is 11.3. The lowest BCUT2D eigenvalue weighted by atomic mass is 10.1.